The fraction of sp³-hybridized carbons (Fsp3) is 0.333. The molecule has 0 saturated carbocycles. The summed E-state index contributed by atoms with van der Waals surface area (Å²) >= 11 is 0. The zero-order valence-electron chi connectivity index (χ0n) is 7.67. The van der Waals surface area contributed by atoms with Gasteiger partial charge in [0.1, 0.15) is 0 Å². The van der Waals surface area contributed by atoms with Crippen molar-refractivity contribution in [2.75, 3.05) is 6.54 Å². The first-order valence-corrected chi connectivity index (χ1v) is 4.71. The first-order chi connectivity index (χ1) is 6.95. The van der Waals surface area contributed by atoms with Crippen LogP contribution in [0, 0.1) is 0 Å². The number of nitrogens with one attached hydrogen (secondary N) is 3. The number of aromatic amines is 2. The van der Waals surface area contributed by atoms with Gasteiger partial charge in [-0.15, -0.1) is 0 Å². The van der Waals surface area contributed by atoms with Crippen LogP contribution in [0.3, 0.4) is 0 Å². The Bertz CT molecular complexity index is 428. The highest BCUT2D eigenvalue weighted by Crippen LogP contribution is 2.24. The van der Waals surface area contributed by atoms with Gasteiger partial charge < -0.3 is 5.32 Å². The molecule has 2 aromatic rings. The fourth-order valence-electron chi connectivity index (χ4n) is 1.86. The van der Waals surface area contributed by atoms with E-state index in [9.17, 15) is 0 Å². The van der Waals surface area contributed by atoms with Gasteiger partial charge in [-0.3, -0.25) is 10.2 Å². The van der Waals surface area contributed by atoms with Crippen LogP contribution in [0.1, 0.15) is 11.3 Å². The maximum Gasteiger partial charge on any atom is 0.0987 e. The molecule has 0 unspecified atom stereocenters. The van der Waals surface area contributed by atoms with Gasteiger partial charge in [0.05, 0.1) is 17.6 Å². The van der Waals surface area contributed by atoms with E-state index < -0.39 is 0 Å². The van der Waals surface area contributed by atoms with Crippen LogP contribution in [0.4, 0.5) is 0 Å². The van der Waals surface area contributed by atoms with E-state index in [1.165, 1.54) is 11.3 Å². The summed E-state index contributed by atoms with van der Waals surface area (Å²) in [7, 11) is 0. The Morgan fingerprint density at radius 2 is 2.36 bits per heavy atom. The van der Waals surface area contributed by atoms with Gasteiger partial charge in [-0.25, -0.2) is 0 Å². The van der Waals surface area contributed by atoms with Crippen LogP contribution in [0.5, 0.6) is 0 Å². The lowest BCUT2D eigenvalue weighted by Gasteiger charge is -2.12. The second-order valence-corrected chi connectivity index (χ2v) is 3.44. The second kappa shape index (κ2) is 2.95. The topological polar surface area (TPSA) is 69.4 Å². The lowest BCUT2D eigenvalue weighted by atomic mass is 10.0. The van der Waals surface area contributed by atoms with Crippen molar-refractivity contribution in [3.8, 4) is 11.3 Å². The quantitative estimate of drug-likeness (QED) is 0.610. The van der Waals surface area contributed by atoms with E-state index in [4.69, 9.17) is 0 Å². The Morgan fingerprint density at radius 1 is 1.36 bits per heavy atom. The van der Waals surface area contributed by atoms with Gasteiger partial charge >= 0.3 is 0 Å². The number of rotatable bonds is 1. The van der Waals surface area contributed by atoms with Crippen molar-refractivity contribution < 1.29 is 0 Å². The standard InChI is InChI=1S/C9H11N5/c1-2-10-5-8-7(1)9(14-13-8)6-3-11-12-4-6/h3-4,10H,1-2,5H2,(H,11,12)(H,13,14). The molecule has 0 amide bonds. The molecule has 2 aromatic heterocycles. The Labute approximate surface area is 80.9 Å². The van der Waals surface area contributed by atoms with Crippen LogP contribution in [-0.4, -0.2) is 26.9 Å². The average Bonchev–Trinajstić information content (AvgIpc) is 2.85. The average molecular weight is 189 g/mol. The normalized spacial score (nSPS) is 15.4. The van der Waals surface area contributed by atoms with Crippen LogP contribution in [0.2, 0.25) is 0 Å². The Kier molecular flexibility index (Phi) is 1.63. The predicted molar refractivity (Wildman–Crippen MR) is 51.6 cm³/mol. The number of aromatic nitrogens is 4. The first-order valence-electron chi connectivity index (χ1n) is 4.71. The molecule has 0 aliphatic carbocycles. The molecule has 0 aromatic carbocycles. The van der Waals surface area contributed by atoms with Crippen molar-refractivity contribution in [3.05, 3.63) is 23.7 Å². The van der Waals surface area contributed by atoms with Gasteiger partial charge in [0.25, 0.3) is 0 Å². The van der Waals surface area contributed by atoms with Gasteiger partial charge in [0.2, 0.25) is 0 Å². The molecule has 0 fully saturated rings. The second-order valence-electron chi connectivity index (χ2n) is 3.44. The molecular weight excluding hydrogens is 178 g/mol. The summed E-state index contributed by atoms with van der Waals surface area (Å²) in [5.74, 6) is 0. The number of hydrogen-bond acceptors (Lipinski definition) is 3. The lowest BCUT2D eigenvalue weighted by Crippen LogP contribution is -2.23. The SMILES string of the molecule is c1n[nH]cc1-c1n[nH]c2c1CCNC2. The maximum absolute atomic E-state index is 4.32. The van der Waals surface area contributed by atoms with E-state index in [1.54, 1.807) is 6.20 Å². The van der Waals surface area contributed by atoms with Crippen LogP contribution in [0.25, 0.3) is 11.3 Å². The molecule has 0 radical (unpaired) electrons. The Balaban J connectivity index is 2.11. The lowest BCUT2D eigenvalue weighted by molar-refractivity contribution is 0.633. The van der Waals surface area contributed by atoms with Crippen molar-refractivity contribution in [3.63, 3.8) is 0 Å². The summed E-state index contributed by atoms with van der Waals surface area (Å²) in [6.07, 6.45) is 4.71. The van der Waals surface area contributed by atoms with Gasteiger partial charge in [0, 0.05) is 23.9 Å². The minimum Gasteiger partial charge on any atom is -0.311 e. The molecule has 1 aliphatic heterocycles. The van der Waals surface area contributed by atoms with E-state index in [0.29, 0.717) is 0 Å². The summed E-state index contributed by atoms with van der Waals surface area (Å²) in [4.78, 5) is 0. The summed E-state index contributed by atoms with van der Waals surface area (Å²) in [5.41, 5.74) is 4.62. The molecule has 72 valence electrons. The van der Waals surface area contributed by atoms with Crippen LogP contribution < -0.4 is 5.32 Å². The summed E-state index contributed by atoms with van der Waals surface area (Å²) in [5, 5.41) is 17.4. The molecular formula is C9H11N5. The number of H-pyrrole nitrogens is 2. The highest BCUT2D eigenvalue weighted by atomic mass is 15.2. The minimum atomic E-state index is 0.889. The molecule has 0 bridgehead atoms. The molecule has 5 heteroatoms. The smallest absolute Gasteiger partial charge is 0.0987 e. The number of nitrogens with zero attached hydrogens (tertiary/aromatic N) is 2. The van der Waals surface area contributed by atoms with E-state index in [-0.39, 0.29) is 0 Å². The van der Waals surface area contributed by atoms with Gasteiger partial charge in [0.15, 0.2) is 0 Å². The monoisotopic (exact) mass is 189 g/mol. The Hall–Kier alpha value is -1.62. The van der Waals surface area contributed by atoms with Crippen LogP contribution in [0.15, 0.2) is 12.4 Å². The third-order valence-corrected chi connectivity index (χ3v) is 2.58. The number of hydrogen-bond donors (Lipinski definition) is 3. The first kappa shape index (κ1) is 7.75. The van der Waals surface area contributed by atoms with Gasteiger partial charge in [-0.2, -0.15) is 10.2 Å². The molecule has 0 spiro atoms. The molecule has 3 N–H and O–H groups in total. The van der Waals surface area contributed by atoms with Gasteiger partial charge in [-0.05, 0) is 13.0 Å². The molecule has 0 atom stereocenters. The highest BCUT2D eigenvalue weighted by molar-refractivity contribution is 5.62. The molecule has 3 heterocycles. The third-order valence-electron chi connectivity index (χ3n) is 2.58. The van der Waals surface area contributed by atoms with E-state index in [2.05, 4.69) is 25.7 Å². The molecule has 5 nitrogen and oxygen atoms in total. The molecule has 1 aliphatic rings. The molecule has 3 rings (SSSR count). The third kappa shape index (κ3) is 1.06. The van der Waals surface area contributed by atoms with Crippen LogP contribution >= 0.6 is 0 Å². The largest absolute Gasteiger partial charge is 0.311 e. The zero-order valence-corrected chi connectivity index (χ0v) is 7.67. The minimum absolute atomic E-state index is 0.889. The van der Waals surface area contributed by atoms with Gasteiger partial charge in [-0.1, -0.05) is 0 Å². The summed E-state index contributed by atoms with van der Waals surface area (Å²) in [6, 6.07) is 0. The summed E-state index contributed by atoms with van der Waals surface area (Å²) < 4.78 is 0. The van der Waals surface area contributed by atoms with E-state index >= 15 is 0 Å². The van der Waals surface area contributed by atoms with Crippen molar-refractivity contribution in [1.82, 2.24) is 25.7 Å². The predicted octanol–water partition coefficient (Wildman–Crippen LogP) is 0.445. The summed E-state index contributed by atoms with van der Waals surface area (Å²) in [6.45, 7) is 1.91. The maximum atomic E-state index is 4.32. The molecule has 14 heavy (non-hydrogen) atoms. The number of fused-ring (bicyclic) bond motifs is 1. The fourth-order valence-corrected chi connectivity index (χ4v) is 1.86. The van der Waals surface area contributed by atoms with E-state index in [1.807, 2.05) is 6.20 Å². The van der Waals surface area contributed by atoms with E-state index in [0.717, 1.165) is 30.8 Å². The highest BCUT2D eigenvalue weighted by Gasteiger charge is 2.17. The van der Waals surface area contributed by atoms with Crippen molar-refractivity contribution >= 4 is 0 Å². The van der Waals surface area contributed by atoms with Crippen molar-refractivity contribution in [1.29, 1.82) is 0 Å². The molecule has 0 saturated heterocycles. The van der Waals surface area contributed by atoms with Crippen molar-refractivity contribution in [2.45, 2.75) is 13.0 Å². The van der Waals surface area contributed by atoms with Crippen molar-refractivity contribution in [2.24, 2.45) is 0 Å². The van der Waals surface area contributed by atoms with Crippen LogP contribution in [-0.2, 0) is 13.0 Å². The Morgan fingerprint density at radius 3 is 3.21 bits per heavy atom. The zero-order chi connectivity index (χ0) is 9.38.